The minimum Gasteiger partial charge on any atom is -0.481 e. The summed E-state index contributed by atoms with van der Waals surface area (Å²) in [5, 5.41) is 3.79. The number of rotatable bonds is 7. The Hall–Kier alpha value is -2.20. The lowest BCUT2D eigenvalue weighted by Gasteiger charge is -2.33. The van der Waals surface area contributed by atoms with Gasteiger partial charge in [-0.3, -0.25) is 4.79 Å². The van der Waals surface area contributed by atoms with Gasteiger partial charge in [-0.2, -0.15) is 0 Å². The van der Waals surface area contributed by atoms with Gasteiger partial charge in [0.1, 0.15) is 5.75 Å². The van der Waals surface area contributed by atoms with Crippen molar-refractivity contribution >= 4 is 23.2 Å². The van der Waals surface area contributed by atoms with Crippen molar-refractivity contribution in [1.29, 1.82) is 0 Å². The molecule has 1 fully saturated rings. The molecule has 1 N–H and O–H groups in total. The molecule has 1 heterocycles. The zero-order valence-corrected chi connectivity index (χ0v) is 19.2. The van der Waals surface area contributed by atoms with Crippen molar-refractivity contribution in [2.75, 3.05) is 18.0 Å². The van der Waals surface area contributed by atoms with Crippen molar-refractivity contribution in [3.8, 4) is 5.75 Å². The van der Waals surface area contributed by atoms with E-state index in [9.17, 15) is 4.79 Å². The van der Waals surface area contributed by atoms with E-state index in [-0.39, 0.29) is 11.9 Å². The third-order valence-electron chi connectivity index (χ3n) is 5.84. The first-order valence-electron chi connectivity index (χ1n) is 11.0. The van der Waals surface area contributed by atoms with Crippen molar-refractivity contribution in [2.24, 2.45) is 5.92 Å². The van der Waals surface area contributed by atoms with Gasteiger partial charge in [-0.25, -0.2) is 0 Å². The molecule has 2 aromatic rings. The van der Waals surface area contributed by atoms with E-state index >= 15 is 0 Å². The van der Waals surface area contributed by atoms with Crippen molar-refractivity contribution in [1.82, 2.24) is 5.32 Å². The van der Waals surface area contributed by atoms with E-state index in [2.05, 4.69) is 41.4 Å². The maximum atomic E-state index is 12.8. The molecule has 1 saturated heterocycles. The third-order valence-corrected chi connectivity index (χ3v) is 6.27. The maximum Gasteiger partial charge on any atom is 0.261 e. The summed E-state index contributed by atoms with van der Waals surface area (Å²) >= 11 is 6.08. The smallest absolute Gasteiger partial charge is 0.261 e. The number of aryl methyl sites for hydroxylation is 1. The Morgan fingerprint density at radius 3 is 2.63 bits per heavy atom. The van der Waals surface area contributed by atoms with Gasteiger partial charge in [0.2, 0.25) is 0 Å². The minimum atomic E-state index is -0.540. The van der Waals surface area contributed by atoms with E-state index in [0.29, 0.717) is 17.2 Å². The molecule has 0 saturated carbocycles. The van der Waals surface area contributed by atoms with Crippen LogP contribution in [0.4, 0.5) is 5.69 Å². The fourth-order valence-corrected chi connectivity index (χ4v) is 4.08. The molecule has 162 valence electrons. The monoisotopic (exact) mass is 428 g/mol. The number of hydrogen-bond donors (Lipinski definition) is 1. The van der Waals surface area contributed by atoms with Crippen molar-refractivity contribution in [3.63, 3.8) is 0 Å². The predicted molar refractivity (Wildman–Crippen MR) is 125 cm³/mol. The number of carbonyl (C=O) groups excluding carboxylic acids is 1. The van der Waals surface area contributed by atoms with Crippen LogP contribution >= 0.6 is 11.6 Å². The molecule has 5 heteroatoms. The first-order valence-corrected chi connectivity index (χ1v) is 11.3. The molecule has 1 aliphatic rings. The fourth-order valence-electron chi connectivity index (χ4n) is 3.96. The molecule has 0 bridgehead atoms. The van der Waals surface area contributed by atoms with Crippen LogP contribution in [0.15, 0.2) is 42.5 Å². The molecule has 1 aliphatic heterocycles. The number of carbonyl (C=O) groups is 1. The number of amides is 1. The van der Waals surface area contributed by atoms with Crippen LogP contribution in [0.5, 0.6) is 5.75 Å². The number of ether oxygens (including phenoxy) is 1. The Labute approximate surface area is 185 Å². The first-order chi connectivity index (χ1) is 14.4. The summed E-state index contributed by atoms with van der Waals surface area (Å²) in [7, 11) is 0. The number of anilines is 1. The number of halogens is 1. The van der Waals surface area contributed by atoms with Gasteiger partial charge < -0.3 is 15.0 Å². The standard InChI is InChI=1S/C25H33ClN2O2/c1-5-24(30-22-12-13-23(26)18(3)15-22)25(29)27-19(4)20-8-10-21(11-9-20)28-14-6-7-17(2)16-28/h8-13,15,17,19,24H,5-7,14,16H2,1-4H3,(H,27,29)/t17-,19+,24-/m0/s1. The third kappa shape index (κ3) is 5.69. The van der Waals surface area contributed by atoms with Gasteiger partial charge in [0.25, 0.3) is 5.91 Å². The topological polar surface area (TPSA) is 41.6 Å². The second kappa shape index (κ2) is 10.2. The highest BCUT2D eigenvalue weighted by Crippen LogP contribution is 2.25. The van der Waals surface area contributed by atoms with Gasteiger partial charge in [0.15, 0.2) is 6.10 Å². The van der Waals surface area contributed by atoms with Gasteiger partial charge >= 0.3 is 0 Å². The Morgan fingerprint density at radius 2 is 2.00 bits per heavy atom. The number of piperidine rings is 1. The Bertz CT molecular complexity index is 853. The molecular weight excluding hydrogens is 396 g/mol. The van der Waals surface area contributed by atoms with Gasteiger partial charge in [-0.05, 0) is 80.5 Å². The number of hydrogen-bond acceptors (Lipinski definition) is 3. The SMILES string of the molecule is CC[C@H](Oc1ccc(Cl)c(C)c1)C(=O)N[C@H](C)c1ccc(N2CCC[C@H](C)C2)cc1. The summed E-state index contributed by atoms with van der Waals surface area (Å²) < 4.78 is 5.93. The van der Waals surface area contributed by atoms with Crippen LogP contribution in [0.25, 0.3) is 0 Å². The summed E-state index contributed by atoms with van der Waals surface area (Å²) in [5.74, 6) is 1.30. The Morgan fingerprint density at radius 1 is 1.27 bits per heavy atom. The summed E-state index contributed by atoms with van der Waals surface area (Å²) in [5.41, 5.74) is 3.28. The lowest BCUT2D eigenvalue weighted by molar-refractivity contribution is -0.128. The highest BCUT2D eigenvalue weighted by atomic mass is 35.5. The fraction of sp³-hybridized carbons (Fsp3) is 0.480. The van der Waals surface area contributed by atoms with E-state index in [0.717, 1.165) is 30.1 Å². The average molecular weight is 429 g/mol. The lowest BCUT2D eigenvalue weighted by Crippen LogP contribution is -2.39. The molecule has 1 amide bonds. The predicted octanol–water partition coefficient (Wildman–Crippen LogP) is 5.92. The maximum absolute atomic E-state index is 12.8. The minimum absolute atomic E-state index is 0.0866. The van der Waals surface area contributed by atoms with Crippen LogP contribution in [0.1, 0.15) is 57.2 Å². The molecule has 2 aromatic carbocycles. The molecule has 3 atom stereocenters. The molecule has 0 aliphatic carbocycles. The molecule has 30 heavy (non-hydrogen) atoms. The highest BCUT2D eigenvalue weighted by Gasteiger charge is 2.21. The highest BCUT2D eigenvalue weighted by molar-refractivity contribution is 6.31. The zero-order valence-electron chi connectivity index (χ0n) is 18.5. The molecular formula is C25H33ClN2O2. The van der Waals surface area contributed by atoms with Crippen molar-refractivity contribution in [2.45, 2.75) is 59.1 Å². The second-order valence-electron chi connectivity index (χ2n) is 8.44. The van der Waals surface area contributed by atoms with E-state index in [1.807, 2.05) is 26.8 Å². The number of nitrogens with zero attached hydrogens (tertiary/aromatic N) is 1. The largest absolute Gasteiger partial charge is 0.481 e. The van der Waals surface area contributed by atoms with E-state index in [1.54, 1.807) is 12.1 Å². The number of nitrogens with one attached hydrogen (secondary N) is 1. The summed E-state index contributed by atoms with van der Waals surface area (Å²) in [4.78, 5) is 15.2. The van der Waals surface area contributed by atoms with Crippen LogP contribution in [-0.4, -0.2) is 25.1 Å². The normalized spacial score (nSPS) is 18.6. The van der Waals surface area contributed by atoms with E-state index in [1.165, 1.54) is 18.5 Å². The number of benzene rings is 2. The first kappa shape index (κ1) is 22.5. The van der Waals surface area contributed by atoms with Crippen molar-refractivity contribution < 1.29 is 9.53 Å². The van der Waals surface area contributed by atoms with Crippen LogP contribution in [0, 0.1) is 12.8 Å². The van der Waals surface area contributed by atoms with Crippen LogP contribution in [0.2, 0.25) is 5.02 Å². The van der Waals surface area contributed by atoms with Crippen LogP contribution in [0.3, 0.4) is 0 Å². The summed E-state index contributed by atoms with van der Waals surface area (Å²) in [6.07, 6.45) is 2.61. The van der Waals surface area contributed by atoms with Crippen LogP contribution in [-0.2, 0) is 4.79 Å². The molecule has 0 spiro atoms. The molecule has 0 aromatic heterocycles. The van der Waals surface area contributed by atoms with E-state index in [4.69, 9.17) is 16.3 Å². The summed E-state index contributed by atoms with van der Waals surface area (Å²) in [6, 6.07) is 13.9. The second-order valence-corrected chi connectivity index (χ2v) is 8.85. The molecule has 0 unspecified atom stereocenters. The Kier molecular flexibility index (Phi) is 7.65. The quantitative estimate of drug-likeness (QED) is 0.595. The lowest BCUT2D eigenvalue weighted by atomic mass is 9.99. The van der Waals surface area contributed by atoms with Gasteiger partial charge in [0, 0.05) is 23.8 Å². The summed E-state index contributed by atoms with van der Waals surface area (Å²) in [6.45, 7) is 10.4. The molecule has 0 radical (unpaired) electrons. The van der Waals surface area contributed by atoms with Crippen molar-refractivity contribution in [3.05, 3.63) is 58.6 Å². The van der Waals surface area contributed by atoms with E-state index < -0.39 is 6.10 Å². The van der Waals surface area contributed by atoms with Gasteiger partial charge in [-0.1, -0.05) is 37.6 Å². The molecule has 3 rings (SSSR count). The average Bonchev–Trinajstić information content (AvgIpc) is 2.74. The van der Waals surface area contributed by atoms with Gasteiger partial charge in [-0.15, -0.1) is 0 Å². The zero-order chi connectivity index (χ0) is 21.7. The van der Waals surface area contributed by atoms with Crippen LogP contribution < -0.4 is 15.0 Å². The molecule has 4 nitrogen and oxygen atoms in total. The Balaban J connectivity index is 1.60. The van der Waals surface area contributed by atoms with Gasteiger partial charge in [0.05, 0.1) is 6.04 Å².